The number of nitrogens with two attached hydrogens (primary N) is 1. The van der Waals surface area contributed by atoms with Crippen molar-refractivity contribution in [3.8, 4) is 0 Å². The van der Waals surface area contributed by atoms with Crippen LogP contribution in [0.2, 0.25) is 0 Å². The molecule has 1 aromatic carbocycles. The third-order valence-corrected chi connectivity index (χ3v) is 3.35. The maximum atomic E-state index is 11.5. The van der Waals surface area contributed by atoms with Gasteiger partial charge >= 0.3 is 0 Å². The number of aromatic nitrogens is 1. The Morgan fingerprint density at radius 2 is 2.06 bits per heavy atom. The van der Waals surface area contributed by atoms with Crippen molar-refractivity contribution in [2.45, 2.75) is 19.3 Å². The van der Waals surface area contributed by atoms with E-state index in [1.165, 1.54) is 0 Å². The van der Waals surface area contributed by atoms with Crippen LogP contribution in [0, 0.1) is 0 Å². The summed E-state index contributed by atoms with van der Waals surface area (Å²) in [5.74, 6) is 0.213. The number of nitrogen functional groups attached to an aromatic ring is 1. The molecule has 3 heteroatoms. The number of benzene rings is 1. The maximum Gasteiger partial charge on any atom is 0.155 e. The first kappa shape index (κ1) is 11.0. The highest BCUT2D eigenvalue weighted by atomic mass is 16.1. The van der Waals surface area contributed by atoms with Crippen LogP contribution in [-0.2, 0) is 4.79 Å². The number of anilines is 1. The Hall–Kier alpha value is -2.16. The van der Waals surface area contributed by atoms with Crippen molar-refractivity contribution >= 4 is 27.9 Å². The minimum Gasteiger partial charge on any atom is -0.397 e. The number of hydrogen-bond acceptors (Lipinski definition) is 3. The molecular formula is C15H14N2O. The van der Waals surface area contributed by atoms with Crippen LogP contribution in [0.1, 0.15) is 24.8 Å². The summed E-state index contributed by atoms with van der Waals surface area (Å²) in [6, 6.07) is 7.76. The number of ketones is 1. The molecule has 2 N–H and O–H groups in total. The van der Waals surface area contributed by atoms with E-state index >= 15 is 0 Å². The van der Waals surface area contributed by atoms with Gasteiger partial charge in [-0.1, -0.05) is 12.1 Å². The Bertz CT molecular complexity index is 659. The Morgan fingerprint density at radius 3 is 2.89 bits per heavy atom. The number of rotatable bonds is 1. The van der Waals surface area contributed by atoms with E-state index in [0.717, 1.165) is 34.9 Å². The zero-order valence-electron chi connectivity index (χ0n) is 10.0. The van der Waals surface area contributed by atoms with Gasteiger partial charge in [-0.05, 0) is 42.2 Å². The molecule has 1 heterocycles. The van der Waals surface area contributed by atoms with Crippen molar-refractivity contribution in [3.05, 3.63) is 42.1 Å². The fraction of sp³-hybridized carbons (Fsp3) is 0.200. The van der Waals surface area contributed by atoms with Crippen molar-refractivity contribution < 1.29 is 4.79 Å². The Labute approximate surface area is 105 Å². The molecule has 0 radical (unpaired) electrons. The van der Waals surface area contributed by atoms with Crippen LogP contribution in [-0.4, -0.2) is 10.8 Å². The molecule has 90 valence electrons. The zero-order valence-corrected chi connectivity index (χ0v) is 10.0. The zero-order chi connectivity index (χ0) is 12.5. The second kappa shape index (κ2) is 4.26. The lowest BCUT2D eigenvalue weighted by atomic mass is 9.90. The van der Waals surface area contributed by atoms with Gasteiger partial charge in [-0.15, -0.1) is 0 Å². The lowest BCUT2D eigenvalue weighted by Gasteiger charge is -2.14. The highest BCUT2D eigenvalue weighted by Gasteiger charge is 2.14. The summed E-state index contributed by atoms with van der Waals surface area (Å²) in [5.41, 5.74) is 9.61. The monoisotopic (exact) mass is 238 g/mol. The average Bonchev–Trinajstić information content (AvgIpc) is 2.39. The van der Waals surface area contributed by atoms with Gasteiger partial charge in [0.1, 0.15) is 0 Å². The van der Waals surface area contributed by atoms with Crippen molar-refractivity contribution in [2.24, 2.45) is 0 Å². The van der Waals surface area contributed by atoms with E-state index in [1.807, 2.05) is 24.3 Å². The number of nitrogens with zero attached hydrogens (tertiary/aromatic N) is 1. The fourth-order valence-electron chi connectivity index (χ4n) is 2.48. The van der Waals surface area contributed by atoms with E-state index in [1.54, 1.807) is 12.3 Å². The van der Waals surface area contributed by atoms with Gasteiger partial charge in [0.15, 0.2) is 5.78 Å². The fourth-order valence-corrected chi connectivity index (χ4v) is 2.48. The first-order valence-electron chi connectivity index (χ1n) is 6.13. The number of pyridine rings is 1. The van der Waals surface area contributed by atoms with E-state index < -0.39 is 0 Å². The van der Waals surface area contributed by atoms with Gasteiger partial charge < -0.3 is 5.73 Å². The molecule has 18 heavy (non-hydrogen) atoms. The third kappa shape index (κ3) is 1.78. The molecule has 1 aliphatic carbocycles. The summed E-state index contributed by atoms with van der Waals surface area (Å²) >= 11 is 0. The van der Waals surface area contributed by atoms with Crippen LogP contribution < -0.4 is 5.73 Å². The van der Waals surface area contributed by atoms with E-state index in [4.69, 9.17) is 5.73 Å². The SMILES string of the molecule is Nc1ccc(C2=CC(=O)CCC2)c2cccnc12. The second-order valence-corrected chi connectivity index (χ2v) is 4.59. The Balaban J connectivity index is 2.24. The molecule has 0 saturated carbocycles. The van der Waals surface area contributed by atoms with Crippen LogP contribution in [0.3, 0.4) is 0 Å². The summed E-state index contributed by atoms with van der Waals surface area (Å²) in [4.78, 5) is 15.9. The predicted molar refractivity (Wildman–Crippen MR) is 73.0 cm³/mol. The lowest BCUT2D eigenvalue weighted by Crippen LogP contribution is -2.03. The first-order valence-corrected chi connectivity index (χ1v) is 6.13. The van der Waals surface area contributed by atoms with Crippen LogP contribution >= 0.6 is 0 Å². The highest BCUT2D eigenvalue weighted by Crippen LogP contribution is 2.32. The lowest BCUT2D eigenvalue weighted by molar-refractivity contribution is -0.114. The van der Waals surface area contributed by atoms with Gasteiger partial charge in [0.05, 0.1) is 11.2 Å². The molecule has 0 fully saturated rings. The molecule has 0 aliphatic heterocycles. The summed E-state index contributed by atoms with van der Waals surface area (Å²) in [6.07, 6.45) is 6.04. The van der Waals surface area contributed by atoms with E-state index in [9.17, 15) is 4.79 Å². The Kier molecular flexibility index (Phi) is 2.59. The largest absolute Gasteiger partial charge is 0.397 e. The van der Waals surface area contributed by atoms with Crippen LogP contribution in [0.5, 0.6) is 0 Å². The smallest absolute Gasteiger partial charge is 0.155 e. The molecule has 0 amide bonds. The standard InChI is InChI=1S/C15H14N2O/c16-14-7-6-12(10-3-1-4-11(18)9-10)13-5-2-8-17-15(13)14/h2,5-9H,1,3-4,16H2. The second-order valence-electron chi connectivity index (χ2n) is 4.59. The van der Waals surface area contributed by atoms with E-state index in [0.29, 0.717) is 12.1 Å². The van der Waals surface area contributed by atoms with Gasteiger partial charge in [0.2, 0.25) is 0 Å². The van der Waals surface area contributed by atoms with E-state index in [2.05, 4.69) is 4.98 Å². The van der Waals surface area contributed by atoms with Gasteiger partial charge in [0.25, 0.3) is 0 Å². The summed E-state index contributed by atoms with van der Waals surface area (Å²) in [7, 11) is 0. The molecule has 1 aromatic heterocycles. The quantitative estimate of drug-likeness (QED) is 0.777. The molecular weight excluding hydrogens is 224 g/mol. The van der Waals surface area contributed by atoms with Gasteiger partial charge in [0, 0.05) is 18.0 Å². The van der Waals surface area contributed by atoms with Crippen molar-refractivity contribution in [1.82, 2.24) is 4.98 Å². The van der Waals surface area contributed by atoms with Crippen LogP contribution in [0.4, 0.5) is 5.69 Å². The van der Waals surface area contributed by atoms with Gasteiger partial charge in [-0.25, -0.2) is 0 Å². The molecule has 0 bridgehead atoms. The number of fused-ring (bicyclic) bond motifs is 1. The first-order chi connectivity index (χ1) is 8.75. The molecule has 0 unspecified atom stereocenters. The van der Waals surface area contributed by atoms with Crippen molar-refractivity contribution in [2.75, 3.05) is 5.73 Å². The van der Waals surface area contributed by atoms with Gasteiger partial charge in [-0.2, -0.15) is 0 Å². The third-order valence-electron chi connectivity index (χ3n) is 3.35. The minimum absolute atomic E-state index is 0.213. The highest BCUT2D eigenvalue weighted by molar-refractivity contribution is 6.04. The minimum atomic E-state index is 0.213. The maximum absolute atomic E-state index is 11.5. The number of carbonyl (C=O) groups excluding carboxylic acids is 1. The van der Waals surface area contributed by atoms with E-state index in [-0.39, 0.29) is 5.78 Å². The molecule has 0 saturated heterocycles. The number of hydrogen-bond donors (Lipinski definition) is 1. The topological polar surface area (TPSA) is 56.0 Å². The Morgan fingerprint density at radius 1 is 1.17 bits per heavy atom. The molecule has 3 nitrogen and oxygen atoms in total. The number of allylic oxidation sites excluding steroid dienone is 2. The van der Waals surface area contributed by atoms with Crippen LogP contribution in [0.25, 0.3) is 16.5 Å². The number of carbonyl (C=O) groups is 1. The molecule has 1 aliphatic rings. The summed E-state index contributed by atoms with van der Waals surface area (Å²) in [5, 5.41) is 1.03. The van der Waals surface area contributed by atoms with Crippen LogP contribution in [0.15, 0.2) is 36.5 Å². The van der Waals surface area contributed by atoms with Gasteiger partial charge in [-0.3, -0.25) is 9.78 Å². The molecule has 2 aromatic rings. The summed E-state index contributed by atoms with van der Waals surface area (Å²) in [6.45, 7) is 0. The normalized spacial score (nSPS) is 15.8. The molecule has 3 rings (SSSR count). The summed E-state index contributed by atoms with van der Waals surface area (Å²) < 4.78 is 0. The predicted octanol–water partition coefficient (Wildman–Crippen LogP) is 2.95. The molecule has 0 spiro atoms. The average molecular weight is 238 g/mol. The van der Waals surface area contributed by atoms with Crippen molar-refractivity contribution in [3.63, 3.8) is 0 Å². The van der Waals surface area contributed by atoms with Crippen molar-refractivity contribution in [1.29, 1.82) is 0 Å². The molecule has 0 atom stereocenters.